The second kappa shape index (κ2) is 3.97. The molecule has 0 aromatic carbocycles. The van der Waals surface area contributed by atoms with Crippen LogP contribution in [0.1, 0.15) is 20.8 Å². The molecule has 0 aromatic heterocycles. The van der Waals surface area contributed by atoms with Gasteiger partial charge in [0.05, 0.1) is 0 Å². The third-order valence-electron chi connectivity index (χ3n) is 1.81. The average Bonchev–Trinajstić information content (AvgIpc) is 1.80. The van der Waals surface area contributed by atoms with E-state index in [0.29, 0.717) is 0 Å². The minimum absolute atomic E-state index is 0.0727. The molecule has 0 radical (unpaired) electrons. The van der Waals surface area contributed by atoms with Crippen LogP contribution >= 0.6 is 0 Å². The van der Waals surface area contributed by atoms with Crippen LogP contribution in [0, 0.1) is 5.92 Å². The summed E-state index contributed by atoms with van der Waals surface area (Å²) in [6, 6.07) is 0. The number of rotatable bonds is 4. The van der Waals surface area contributed by atoms with Crippen molar-refractivity contribution in [2.75, 3.05) is 6.54 Å². The molecule has 0 aliphatic heterocycles. The lowest BCUT2D eigenvalue weighted by Gasteiger charge is -2.36. The first-order valence-electron chi connectivity index (χ1n) is 3.60. The highest BCUT2D eigenvalue weighted by Gasteiger charge is 2.14. The first kappa shape index (κ1) is 10.8. The van der Waals surface area contributed by atoms with Gasteiger partial charge in [-0.25, -0.2) is 0 Å². The summed E-state index contributed by atoms with van der Waals surface area (Å²) in [4.78, 5) is 0. The molecule has 68 valence electrons. The predicted molar refractivity (Wildman–Crippen MR) is 41.6 cm³/mol. The molecule has 0 saturated heterocycles. The molecule has 2 nitrogen and oxygen atoms in total. The Bertz CT molecular complexity index is 109. The van der Waals surface area contributed by atoms with Crippen LogP contribution < -0.4 is 5.32 Å². The van der Waals surface area contributed by atoms with E-state index in [-0.39, 0.29) is 12.5 Å². The second-order valence-corrected chi connectivity index (χ2v) is 3.33. The Morgan fingerprint density at radius 2 is 1.91 bits per heavy atom. The number of halogens is 2. The van der Waals surface area contributed by atoms with Crippen molar-refractivity contribution in [2.45, 2.75) is 32.9 Å². The van der Waals surface area contributed by atoms with Gasteiger partial charge in [-0.3, -0.25) is 5.32 Å². The monoisotopic (exact) mass is 165 g/mol. The van der Waals surface area contributed by atoms with Crippen LogP contribution in [0.2, 0.25) is 0 Å². The van der Waals surface area contributed by atoms with E-state index in [1.165, 1.54) is 0 Å². The Kier molecular flexibility index (Phi) is 3.89. The molecule has 11 heavy (non-hydrogen) atoms. The summed E-state index contributed by atoms with van der Waals surface area (Å²) < 4.78 is 23.2. The van der Waals surface area contributed by atoms with Gasteiger partial charge in [0.1, 0.15) is 0 Å². The largest absolute Gasteiger partial charge is 0.672 e. The van der Waals surface area contributed by atoms with Gasteiger partial charge >= 0.3 is 0 Å². The van der Waals surface area contributed by atoms with Gasteiger partial charge in [-0.2, -0.15) is 8.78 Å². The van der Waals surface area contributed by atoms with Gasteiger partial charge in [-0.1, -0.05) is 20.8 Å². The molecule has 0 heterocycles. The molecule has 2 N–H and O–H groups in total. The molecule has 1 atom stereocenters. The van der Waals surface area contributed by atoms with Gasteiger partial charge in [0.15, 0.2) is 0 Å². The van der Waals surface area contributed by atoms with Crippen molar-refractivity contribution in [2.24, 2.45) is 5.92 Å². The molecular formula is C7H15F2N2-. The summed E-state index contributed by atoms with van der Waals surface area (Å²) in [7, 11) is 0. The van der Waals surface area contributed by atoms with E-state index < -0.39 is 12.1 Å². The highest BCUT2D eigenvalue weighted by atomic mass is 19.3. The molecule has 1 unspecified atom stereocenters. The minimum atomic E-state index is -2.47. The van der Waals surface area contributed by atoms with Crippen LogP contribution in [-0.4, -0.2) is 18.6 Å². The summed E-state index contributed by atoms with van der Waals surface area (Å²) in [5, 5.41) is 2.00. The van der Waals surface area contributed by atoms with Crippen molar-refractivity contribution < 1.29 is 8.78 Å². The fourth-order valence-corrected chi connectivity index (χ4v) is 0.521. The fraction of sp³-hybridized carbons (Fsp3) is 1.00. The maximum atomic E-state index is 11.6. The summed E-state index contributed by atoms with van der Waals surface area (Å²) in [6.45, 7) is 2.92. The topological polar surface area (TPSA) is 35.8 Å². The van der Waals surface area contributed by atoms with E-state index in [9.17, 15) is 8.78 Å². The Labute approximate surface area is 66.1 Å². The highest BCUT2D eigenvalue weighted by molar-refractivity contribution is 4.90. The predicted octanol–water partition coefficient (Wildman–Crippen LogP) is 2.27. The van der Waals surface area contributed by atoms with Crippen molar-refractivity contribution in [1.82, 2.24) is 5.32 Å². The third-order valence-corrected chi connectivity index (χ3v) is 1.81. The first-order chi connectivity index (χ1) is 4.84. The van der Waals surface area contributed by atoms with Gasteiger partial charge in [-0.05, 0) is 5.92 Å². The SMILES string of the molecule is CC(CNC(F)F)C(C)(C)[NH-]. The van der Waals surface area contributed by atoms with Gasteiger partial charge in [0.25, 0.3) is 6.55 Å². The average molecular weight is 165 g/mol. The first-order valence-corrected chi connectivity index (χ1v) is 3.60. The maximum Gasteiger partial charge on any atom is 0.292 e. The number of nitrogens with one attached hydrogen (secondary N) is 2. The van der Waals surface area contributed by atoms with Gasteiger partial charge in [0.2, 0.25) is 0 Å². The fourth-order valence-electron chi connectivity index (χ4n) is 0.521. The number of hydrogen-bond donors (Lipinski definition) is 1. The third kappa shape index (κ3) is 5.09. The molecule has 0 bridgehead atoms. The molecule has 4 heteroatoms. The lowest BCUT2D eigenvalue weighted by Crippen LogP contribution is -2.35. The summed E-state index contributed by atoms with van der Waals surface area (Å²) in [5.74, 6) is -0.0727. The van der Waals surface area contributed by atoms with Gasteiger partial charge < -0.3 is 5.73 Å². The Morgan fingerprint density at radius 1 is 1.45 bits per heavy atom. The van der Waals surface area contributed by atoms with Crippen LogP contribution in [0.4, 0.5) is 8.78 Å². The van der Waals surface area contributed by atoms with Crippen LogP contribution in [0.3, 0.4) is 0 Å². The molecule has 0 rings (SSSR count). The Hall–Kier alpha value is -0.220. The summed E-state index contributed by atoms with van der Waals surface area (Å²) in [5.41, 5.74) is 6.85. The van der Waals surface area contributed by atoms with Crippen molar-refractivity contribution in [3.63, 3.8) is 0 Å². The standard InChI is InChI=1S/C7H15F2N2/c1-5(7(2,3)10)4-11-6(8)9/h5-6,10-11H,4H2,1-3H3/q-1. The summed E-state index contributed by atoms with van der Waals surface area (Å²) in [6.07, 6.45) is 0. The Morgan fingerprint density at radius 3 is 2.18 bits per heavy atom. The molecule has 0 saturated carbocycles. The maximum absolute atomic E-state index is 11.6. The molecule has 0 fully saturated rings. The molecule has 0 aliphatic carbocycles. The van der Waals surface area contributed by atoms with E-state index in [2.05, 4.69) is 0 Å². The van der Waals surface area contributed by atoms with Crippen LogP contribution in [0.25, 0.3) is 5.73 Å². The van der Waals surface area contributed by atoms with Crippen LogP contribution in [-0.2, 0) is 0 Å². The normalized spacial score (nSPS) is 15.5. The highest BCUT2D eigenvalue weighted by Crippen LogP contribution is 2.18. The second-order valence-electron chi connectivity index (χ2n) is 3.33. The number of hydrogen-bond acceptors (Lipinski definition) is 1. The van der Waals surface area contributed by atoms with Crippen molar-refractivity contribution >= 4 is 0 Å². The van der Waals surface area contributed by atoms with Gasteiger partial charge in [-0.15, -0.1) is 5.54 Å². The van der Waals surface area contributed by atoms with Crippen LogP contribution in [0.15, 0.2) is 0 Å². The zero-order valence-corrected chi connectivity index (χ0v) is 7.12. The van der Waals surface area contributed by atoms with Gasteiger partial charge in [0, 0.05) is 6.54 Å². The van der Waals surface area contributed by atoms with Crippen molar-refractivity contribution in [1.29, 1.82) is 0 Å². The Balaban J connectivity index is 3.61. The molecule has 0 amide bonds. The molecular weight excluding hydrogens is 150 g/mol. The molecule has 0 aromatic rings. The van der Waals surface area contributed by atoms with E-state index in [1.54, 1.807) is 20.8 Å². The van der Waals surface area contributed by atoms with E-state index in [4.69, 9.17) is 5.73 Å². The molecule has 0 aliphatic rings. The van der Waals surface area contributed by atoms with Crippen LogP contribution in [0.5, 0.6) is 0 Å². The lowest BCUT2D eigenvalue weighted by molar-refractivity contribution is 0.0998. The zero-order chi connectivity index (χ0) is 9.07. The minimum Gasteiger partial charge on any atom is -0.672 e. The van der Waals surface area contributed by atoms with E-state index in [1.807, 2.05) is 5.32 Å². The van der Waals surface area contributed by atoms with E-state index >= 15 is 0 Å². The van der Waals surface area contributed by atoms with E-state index in [0.717, 1.165) is 0 Å². The zero-order valence-electron chi connectivity index (χ0n) is 7.12. The summed E-state index contributed by atoms with van der Waals surface area (Å²) >= 11 is 0. The van der Waals surface area contributed by atoms with Crippen molar-refractivity contribution in [3.8, 4) is 0 Å². The smallest absolute Gasteiger partial charge is 0.292 e. The molecule has 0 spiro atoms. The lowest BCUT2D eigenvalue weighted by atomic mass is 9.90. The quantitative estimate of drug-likeness (QED) is 0.637. The number of alkyl halides is 2. The van der Waals surface area contributed by atoms with Crippen molar-refractivity contribution in [3.05, 3.63) is 5.73 Å².